The summed E-state index contributed by atoms with van der Waals surface area (Å²) in [6, 6.07) is 18.1. The van der Waals surface area contributed by atoms with Gasteiger partial charge in [-0.25, -0.2) is 0 Å². The summed E-state index contributed by atoms with van der Waals surface area (Å²) in [5.74, 6) is -1.25. The van der Waals surface area contributed by atoms with Crippen molar-refractivity contribution < 1.29 is 9.90 Å². The van der Waals surface area contributed by atoms with Gasteiger partial charge < -0.3 is 5.11 Å². The molecular formula is C17H17ClO2. The normalized spacial score (nSPS) is 13.7. The molecule has 0 bridgehead atoms. The summed E-state index contributed by atoms with van der Waals surface area (Å²) in [5.41, 5.74) is 3.24. The van der Waals surface area contributed by atoms with Crippen molar-refractivity contribution in [3.8, 4) is 11.1 Å². The van der Waals surface area contributed by atoms with Gasteiger partial charge in [-0.05, 0) is 23.1 Å². The van der Waals surface area contributed by atoms with Crippen LogP contribution in [0.1, 0.15) is 24.3 Å². The van der Waals surface area contributed by atoms with Gasteiger partial charge in [-0.2, -0.15) is 0 Å². The summed E-state index contributed by atoms with van der Waals surface area (Å²) in [6.45, 7) is 1.68. The van der Waals surface area contributed by atoms with E-state index in [9.17, 15) is 4.79 Å². The molecule has 0 spiro atoms. The van der Waals surface area contributed by atoms with Crippen molar-refractivity contribution in [1.29, 1.82) is 0 Å². The molecule has 2 rings (SSSR count). The fraction of sp³-hybridized carbons (Fsp3) is 0.235. The molecule has 0 radical (unpaired) electrons. The summed E-state index contributed by atoms with van der Waals surface area (Å²) < 4.78 is 0. The molecule has 0 saturated carbocycles. The van der Waals surface area contributed by atoms with Gasteiger partial charge in [0.25, 0.3) is 0 Å². The minimum atomic E-state index is -0.809. The molecule has 0 heterocycles. The molecule has 1 N–H and O–H groups in total. The summed E-state index contributed by atoms with van der Waals surface area (Å²) >= 11 is 6.28. The van der Waals surface area contributed by atoms with E-state index in [0.29, 0.717) is 6.42 Å². The summed E-state index contributed by atoms with van der Waals surface area (Å²) in [5, 5.41) is 8.64. The second kappa shape index (κ2) is 6.58. The van der Waals surface area contributed by atoms with Crippen molar-refractivity contribution in [3.63, 3.8) is 0 Å². The average molecular weight is 289 g/mol. The Balaban J connectivity index is 2.10. The Bertz CT molecular complexity index is 563. The molecule has 0 amide bonds. The number of hydrogen-bond acceptors (Lipinski definition) is 1. The lowest BCUT2D eigenvalue weighted by Crippen LogP contribution is -2.11. The zero-order valence-electron chi connectivity index (χ0n) is 11.3. The molecule has 0 aromatic heterocycles. The summed E-state index contributed by atoms with van der Waals surface area (Å²) in [6.07, 6.45) is 0.432. The fourth-order valence-electron chi connectivity index (χ4n) is 2.06. The van der Waals surface area contributed by atoms with Crippen LogP contribution in [0.3, 0.4) is 0 Å². The highest BCUT2D eigenvalue weighted by molar-refractivity contribution is 6.20. The van der Waals surface area contributed by atoms with Gasteiger partial charge in [0.05, 0.1) is 11.3 Å². The first-order valence-electron chi connectivity index (χ1n) is 6.60. The number of benzene rings is 2. The third kappa shape index (κ3) is 3.61. The predicted octanol–water partition coefficient (Wildman–Crippen LogP) is 4.74. The highest BCUT2D eigenvalue weighted by Gasteiger charge is 2.17. The number of halogens is 1. The molecule has 2 unspecified atom stereocenters. The Hall–Kier alpha value is -1.80. The van der Waals surface area contributed by atoms with E-state index in [0.717, 1.165) is 16.7 Å². The molecule has 0 saturated heterocycles. The zero-order chi connectivity index (χ0) is 14.5. The van der Waals surface area contributed by atoms with E-state index in [1.165, 1.54) is 0 Å². The molecule has 0 aliphatic rings. The number of alkyl halides is 1. The van der Waals surface area contributed by atoms with E-state index in [4.69, 9.17) is 16.7 Å². The van der Waals surface area contributed by atoms with Crippen molar-refractivity contribution in [2.75, 3.05) is 0 Å². The van der Waals surface area contributed by atoms with Crippen molar-refractivity contribution >= 4 is 17.6 Å². The lowest BCUT2D eigenvalue weighted by molar-refractivity contribution is -0.141. The molecule has 0 aliphatic carbocycles. The lowest BCUT2D eigenvalue weighted by Gasteiger charge is -2.13. The van der Waals surface area contributed by atoms with Gasteiger partial charge in [0, 0.05) is 0 Å². The van der Waals surface area contributed by atoms with Gasteiger partial charge in [-0.3, -0.25) is 4.79 Å². The van der Waals surface area contributed by atoms with Crippen molar-refractivity contribution in [2.45, 2.75) is 18.7 Å². The maximum absolute atomic E-state index is 10.8. The van der Waals surface area contributed by atoms with Crippen LogP contribution >= 0.6 is 11.6 Å². The van der Waals surface area contributed by atoms with Crippen LogP contribution in [0, 0.1) is 5.92 Å². The van der Waals surface area contributed by atoms with Crippen LogP contribution < -0.4 is 0 Å². The lowest BCUT2D eigenvalue weighted by atomic mass is 9.98. The molecular weight excluding hydrogens is 272 g/mol. The first-order chi connectivity index (χ1) is 9.58. The third-order valence-corrected chi connectivity index (χ3v) is 3.79. The van der Waals surface area contributed by atoms with E-state index in [-0.39, 0.29) is 5.38 Å². The van der Waals surface area contributed by atoms with Gasteiger partial charge in [0.15, 0.2) is 0 Å². The molecule has 3 heteroatoms. The van der Waals surface area contributed by atoms with Crippen molar-refractivity contribution in [1.82, 2.24) is 0 Å². The second-order valence-electron chi connectivity index (χ2n) is 4.93. The molecule has 2 aromatic carbocycles. The minimum Gasteiger partial charge on any atom is -0.481 e. The number of carboxylic acid groups (broad SMARTS) is 1. The standard InChI is InChI=1S/C17H17ClO2/c1-12(17(19)20)11-16(18)15-9-7-14(8-10-15)13-5-3-2-4-6-13/h2-10,12,16H,11H2,1H3,(H,19,20). The average Bonchev–Trinajstić information content (AvgIpc) is 2.48. The van der Waals surface area contributed by atoms with Crippen LogP contribution in [-0.4, -0.2) is 11.1 Å². The topological polar surface area (TPSA) is 37.3 Å². The maximum Gasteiger partial charge on any atom is 0.306 e. The third-order valence-electron chi connectivity index (χ3n) is 3.36. The molecule has 0 aliphatic heterocycles. The molecule has 2 atom stereocenters. The van der Waals surface area contributed by atoms with Gasteiger partial charge in [-0.1, -0.05) is 61.5 Å². The first-order valence-corrected chi connectivity index (χ1v) is 7.04. The Morgan fingerprint density at radius 3 is 2.15 bits per heavy atom. The van der Waals surface area contributed by atoms with Gasteiger partial charge in [0.2, 0.25) is 0 Å². The van der Waals surface area contributed by atoms with E-state index < -0.39 is 11.9 Å². The monoisotopic (exact) mass is 288 g/mol. The SMILES string of the molecule is CC(CC(Cl)c1ccc(-c2ccccc2)cc1)C(=O)O. The van der Waals surface area contributed by atoms with Crippen molar-refractivity contribution in [3.05, 3.63) is 60.2 Å². The van der Waals surface area contributed by atoms with Crippen LogP contribution in [0.5, 0.6) is 0 Å². The van der Waals surface area contributed by atoms with Crippen LogP contribution in [0.2, 0.25) is 0 Å². The minimum absolute atomic E-state index is 0.272. The molecule has 2 nitrogen and oxygen atoms in total. The summed E-state index contributed by atoms with van der Waals surface area (Å²) in [7, 11) is 0. The quantitative estimate of drug-likeness (QED) is 0.807. The number of carbonyl (C=O) groups is 1. The molecule has 104 valence electrons. The van der Waals surface area contributed by atoms with Crippen LogP contribution in [0.15, 0.2) is 54.6 Å². The number of rotatable bonds is 5. The number of carboxylic acids is 1. The Kier molecular flexibility index (Phi) is 4.80. The largest absolute Gasteiger partial charge is 0.481 e. The smallest absolute Gasteiger partial charge is 0.306 e. The highest BCUT2D eigenvalue weighted by atomic mass is 35.5. The maximum atomic E-state index is 10.8. The van der Waals surface area contributed by atoms with E-state index >= 15 is 0 Å². The van der Waals surface area contributed by atoms with Crippen LogP contribution in [-0.2, 0) is 4.79 Å². The van der Waals surface area contributed by atoms with Gasteiger partial charge >= 0.3 is 5.97 Å². The van der Waals surface area contributed by atoms with E-state index in [2.05, 4.69) is 12.1 Å². The fourth-order valence-corrected chi connectivity index (χ4v) is 2.48. The first kappa shape index (κ1) is 14.6. The second-order valence-corrected chi connectivity index (χ2v) is 5.46. The molecule has 0 fully saturated rings. The summed E-state index contributed by atoms with van der Waals surface area (Å²) in [4.78, 5) is 10.8. The van der Waals surface area contributed by atoms with E-state index in [1.54, 1.807) is 6.92 Å². The van der Waals surface area contributed by atoms with Gasteiger partial charge in [0.1, 0.15) is 0 Å². The number of hydrogen-bond donors (Lipinski definition) is 1. The van der Waals surface area contributed by atoms with Crippen molar-refractivity contribution in [2.24, 2.45) is 5.92 Å². The Morgan fingerprint density at radius 2 is 1.60 bits per heavy atom. The predicted molar refractivity (Wildman–Crippen MR) is 81.9 cm³/mol. The number of aliphatic carboxylic acids is 1. The molecule has 2 aromatic rings. The molecule has 20 heavy (non-hydrogen) atoms. The Morgan fingerprint density at radius 1 is 1.05 bits per heavy atom. The van der Waals surface area contributed by atoms with E-state index in [1.807, 2.05) is 42.5 Å². The highest BCUT2D eigenvalue weighted by Crippen LogP contribution is 2.29. The zero-order valence-corrected chi connectivity index (χ0v) is 12.0. The van der Waals surface area contributed by atoms with Crippen LogP contribution in [0.4, 0.5) is 0 Å². The van der Waals surface area contributed by atoms with Gasteiger partial charge in [-0.15, -0.1) is 11.6 Å². The Labute approximate surface area is 124 Å². The van der Waals surface area contributed by atoms with Crippen LogP contribution in [0.25, 0.3) is 11.1 Å².